The van der Waals surface area contributed by atoms with Gasteiger partial charge in [-0.15, -0.1) is 0 Å². The van der Waals surface area contributed by atoms with Crippen LogP contribution in [0.1, 0.15) is 34.8 Å². The number of nitrogens with zero attached hydrogens (tertiary/aromatic N) is 1. The number of fused-ring (bicyclic) bond motifs is 3. The molecule has 0 bridgehead atoms. The Balaban J connectivity index is 1.38. The molecule has 1 heterocycles. The van der Waals surface area contributed by atoms with Crippen LogP contribution in [-0.4, -0.2) is 24.4 Å². The van der Waals surface area contributed by atoms with E-state index in [1.54, 1.807) is 30.3 Å². The number of benzene rings is 4. The smallest absolute Gasteiger partial charge is 0.268 e. The zero-order valence-electron chi connectivity index (χ0n) is 21.9. The summed E-state index contributed by atoms with van der Waals surface area (Å²) in [6, 6.07) is 35.2. The summed E-state index contributed by atoms with van der Waals surface area (Å²) in [7, 11) is -3.89. The minimum Gasteiger partial charge on any atom is -0.371 e. The van der Waals surface area contributed by atoms with Crippen LogP contribution in [-0.2, 0) is 39.0 Å². The number of amides is 1. The average molecular weight is 551 g/mol. The van der Waals surface area contributed by atoms with Gasteiger partial charge in [0.25, 0.3) is 10.0 Å². The highest BCUT2D eigenvalue weighted by Gasteiger charge is 2.41. The zero-order valence-corrected chi connectivity index (χ0v) is 22.8. The molecule has 1 N–H and O–H groups in total. The maximum atomic E-state index is 14.0. The number of para-hydroxylation sites is 1. The third-order valence-corrected chi connectivity index (χ3v) is 9.20. The molecular formula is C33H30N2O4S. The fourth-order valence-corrected chi connectivity index (χ4v) is 7.13. The summed E-state index contributed by atoms with van der Waals surface area (Å²) in [4.78, 5) is 13.5. The van der Waals surface area contributed by atoms with E-state index < -0.39 is 22.2 Å². The lowest BCUT2D eigenvalue weighted by Crippen LogP contribution is -2.35. The molecule has 4 aromatic carbocycles. The first-order valence-electron chi connectivity index (χ1n) is 13.4. The Labute approximate surface area is 234 Å². The predicted octanol–water partition coefficient (Wildman–Crippen LogP) is 5.81. The normalized spacial score (nSPS) is 16.6. The number of carbonyl (C=O) groups excluding carboxylic acids is 1. The molecule has 0 unspecified atom stereocenters. The van der Waals surface area contributed by atoms with E-state index in [0.717, 1.165) is 22.1 Å². The average Bonchev–Trinajstić information content (AvgIpc) is 3.51. The monoisotopic (exact) mass is 550 g/mol. The molecule has 0 aliphatic heterocycles. The third-order valence-electron chi connectivity index (χ3n) is 7.43. The summed E-state index contributed by atoms with van der Waals surface area (Å²) >= 11 is 0. The summed E-state index contributed by atoms with van der Waals surface area (Å²) in [5.74, 6) is -0.0993. The summed E-state index contributed by atoms with van der Waals surface area (Å²) < 4.78 is 35.8. The summed E-state index contributed by atoms with van der Waals surface area (Å²) in [6.45, 7) is 0.357. The van der Waals surface area contributed by atoms with Gasteiger partial charge < -0.3 is 10.1 Å². The van der Waals surface area contributed by atoms with Crippen LogP contribution in [0.5, 0.6) is 0 Å². The number of carbonyl (C=O) groups is 1. The Morgan fingerprint density at radius 2 is 1.40 bits per heavy atom. The highest BCUT2D eigenvalue weighted by molar-refractivity contribution is 7.90. The Hall–Kier alpha value is -4.20. The van der Waals surface area contributed by atoms with Gasteiger partial charge >= 0.3 is 0 Å². The Bertz CT molecular complexity index is 1730. The van der Waals surface area contributed by atoms with Gasteiger partial charge in [0.15, 0.2) is 0 Å². The van der Waals surface area contributed by atoms with Crippen LogP contribution in [0.4, 0.5) is 0 Å². The van der Waals surface area contributed by atoms with E-state index >= 15 is 0 Å². The molecule has 1 aliphatic carbocycles. The minimum atomic E-state index is -3.89. The predicted molar refractivity (Wildman–Crippen MR) is 155 cm³/mol. The number of hydrogen-bond acceptors (Lipinski definition) is 4. The first kappa shape index (κ1) is 26.0. The second-order valence-electron chi connectivity index (χ2n) is 10.0. The largest absolute Gasteiger partial charge is 0.371 e. The molecule has 2 atom stereocenters. The molecule has 6 rings (SSSR count). The first-order valence-corrected chi connectivity index (χ1v) is 14.9. The molecule has 1 aromatic heterocycles. The lowest BCUT2D eigenvalue weighted by molar-refractivity contribution is -0.123. The SMILES string of the molecule is O=C(CCc1ccccc1)N[C@@H]1c2c(n(S(=O)(=O)c3ccccc3)c3ccccc23)C[C@@H]1OCc1ccccc1. The molecule has 5 aromatic rings. The first-order chi connectivity index (χ1) is 19.5. The van der Waals surface area contributed by atoms with Gasteiger partial charge in [0, 0.05) is 29.5 Å². The summed E-state index contributed by atoms with van der Waals surface area (Å²) in [5.41, 5.74) is 4.16. The van der Waals surface area contributed by atoms with E-state index in [-0.39, 0.29) is 10.8 Å². The maximum Gasteiger partial charge on any atom is 0.268 e. The topological polar surface area (TPSA) is 77.4 Å². The van der Waals surface area contributed by atoms with Crippen molar-refractivity contribution in [1.82, 2.24) is 9.29 Å². The van der Waals surface area contributed by atoms with Crippen molar-refractivity contribution in [2.24, 2.45) is 0 Å². The zero-order chi connectivity index (χ0) is 27.5. The van der Waals surface area contributed by atoms with Gasteiger partial charge in [-0.1, -0.05) is 97.1 Å². The van der Waals surface area contributed by atoms with Gasteiger partial charge in [0.05, 0.1) is 29.2 Å². The van der Waals surface area contributed by atoms with E-state index in [1.807, 2.05) is 84.9 Å². The van der Waals surface area contributed by atoms with Crippen molar-refractivity contribution in [3.63, 3.8) is 0 Å². The van der Waals surface area contributed by atoms with Crippen LogP contribution >= 0.6 is 0 Å². The molecule has 6 nitrogen and oxygen atoms in total. The van der Waals surface area contributed by atoms with Crippen molar-refractivity contribution in [2.75, 3.05) is 0 Å². The lowest BCUT2D eigenvalue weighted by Gasteiger charge is -2.23. The van der Waals surface area contributed by atoms with Crippen molar-refractivity contribution in [2.45, 2.75) is 42.9 Å². The second kappa shape index (κ2) is 11.1. The highest BCUT2D eigenvalue weighted by Crippen LogP contribution is 2.42. The molecule has 0 saturated heterocycles. The minimum absolute atomic E-state index is 0.0993. The molecule has 1 amide bonds. The van der Waals surface area contributed by atoms with Gasteiger partial charge in [-0.2, -0.15) is 0 Å². The van der Waals surface area contributed by atoms with Crippen LogP contribution in [0.25, 0.3) is 10.9 Å². The molecule has 1 aliphatic rings. The molecule has 0 radical (unpaired) electrons. The molecule has 7 heteroatoms. The Kier molecular flexibility index (Phi) is 7.24. The number of hydrogen-bond donors (Lipinski definition) is 1. The highest BCUT2D eigenvalue weighted by atomic mass is 32.2. The molecule has 40 heavy (non-hydrogen) atoms. The lowest BCUT2D eigenvalue weighted by atomic mass is 10.0. The van der Waals surface area contributed by atoms with Crippen LogP contribution in [0, 0.1) is 0 Å². The number of ether oxygens (including phenoxy) is 1. The molecule has 0 fully saturated rings. The fourth-order valence-electron chi connectivity index (χ4n) is 5.54. The van der Waals surface area contributed by atoms with Crippen molar-refractivity contribution in [1.29, 1.82) is 0 Å². The number of aryl methyl sites for hydroxylation is 1. The summed E-state index contributed by atoms with van der Waals surface area (Å²) in [5, 5.41) is 4.02. The molecule has 202 valence electrons. The fraction of sp³-hybridized carbons (Fsp3) is 0.182. The molecule has 0 spiro atoms. The van der Waals surface area contributed by atoms with E-state index in [4.69, 9.17) is 4.74 Å². The van der Waals surface area contributed by atoms with E-state index in [0.29, 0.717) is 37.1 Å². The van der Waals surface area contributed by atoms with Crippen LogP contribution in [0.2, 0.25) is 0 Å². The third kappa shape index (κ3) is 5.06. The van der Waals surface area contributed by atoms with Crippen molar-refractivity contribution >= 4 is 26.8 Å². The van der Waals surface area contributed by atoms with Crippen LogP contribution in [0.15, 0.2) is 120 Å². The standard InChI is InChI=1S/C33H30N2O4S/c36-31(21-20-24-12-4-1-5-13-24)34-33-30(39-23-25-14-6-2-7-15-25)22-29-32(33)27-18-10-11-19-28(27)35(29)40(37,38)26-16-8-3-9-17-26/h1-19,30,33H,20-23H2,(H,34,36)/t30-,33-/m0/s1. The number of rotatable bonds is 9. The van der Waals surface area contributed by atoms with Crippen molar-refractivity contribution in [3.8, 4) is 0 Å². The second-order valence-corrected chi connectivity index (χ2v) is 11.8. The van der Waals surface area contributed by atoms with E-state index in [1.165, 1.54) is 3.97 Å². The molecule has 0 saturated carbocycles. The number of nitrogens with one attached hydrogen (secondary N) is 1. The molecular weight excluding hydrogens is 520 g/mol. The van der Waals surface area contributed by atoms with Crippen LogP contribution in [0.3, 0.4) is 0 Å². The van der Waals surface area contributed by atoms with Gasteiger partial charge in [-0.05, 0) is 35.7 Å². The van der Waals surface area contributed by atoms with Crippen LogP contribution < -0.4 is 5.32 Å². The van der Waals surface area contributed by atoms with Gasteiger partial charge in [-0.25, -0.2) is 12.4 Å². The number of aromatic nitrogens is 1. The van der Waals surface area contributed by atoms with E-state index in [2.05, 4.69) is 5.32 Å². The van der Waals surface area contributed by atoms with Crippen molar-refractivity contribution < 1.29 is 17.9 Å². The maximum absolute atomic E-state index is 14.0. The van der Waals surface area contributed by atoms with Gasteiger partial charge in [-0.3, -0.25) is 4.79 Å². The van der Waals surface area contributed by atoms with Gasteiger partial charge in [0.1, 0.15) is 0 Å². The quantitative estimate of drug-likeness (QED) is 0.251. The van der Waals surface area contributed by atoms with Gasteiger partial charge in [0.2, 0.25) is 5.91 Å². The van der Waals surface area contributed by atoms with E-state index in [9.17, 15) is 13.2 Å². The Morgan fingerprint density at radius 3 is 2.10 bits per heavy atom. The van der Waals surface area contributed by atoms with Crippen molar-refractivity contribution in [3.05, 3.63) is 138 Å². The Morgan fingerprint density at radius 1 is 0.800 bits per heavy atom. The summed E-state index contributed by atoms with van der Waals surface area (Å²) in [6.07, 6.45) is 0.869.